The average Bonchev–Trinajstić information content (AvgIpc) is 2.94. The number of amides is 1. The molecule has 0 radical (unpaired) electrons. The van der Waals surface area contributed by atoms with Crippen molar-refractivity contribution in [3.05, 3.63) is 41.7 Å². The van der Waals surface area contributed by atoms with E-state index in [1.165, 1.54) is 5.56 Å². The second-order valence-electron chi connectivity index (χ2n) is 5.14. The number of carbonyl (C=O) groups is 1. The van der Waals surface area contributed by atoms with E-state index in [4.69, 9.17) is 4.74 Å². The molecule has 2 heterocycles. The minimum Gasteiger partial charge on any atom is -0.377 e. The molecule has 3 rings (SSSR count). The lowest BCUT2D eigenvalue weighted by Gasteiger charge is -2.33. The predicted molar refractivity (Wildman–Crippen MR) is 77.4 cm³/mol. The van der Waals surface area contributed by atoms with Crippen LogP contribution in [0.3, 0.4) is 0 Å². The Morgan fingerprint density at radius 3 is 2.86 bits per heavy atom. The SMILES string of the molecule is CCc1ccccc1-n1cc(C(=O)N(C)C2COC2)nn1. The largest absolute Gasteiger partial charge is 0.377 e. The predicted octanol–water partition coefficient (Wildman–Crippen LogP) is 1.30. The first-order chi connectivity index (χ1) is 10.2. The molecular weight excluding hydrogens is 268 g/mol. The van der Waals surface area contributed by atoms with Gasteiger partial charge in [0.15, 0.2) is 5.69 Å². The number of para-hydroxylation sites is 1. The molecular formula is C15H18N4O2. The Morgan fingerprint density at radius 1 is 1.43 bits per heavy atom. The average molecular weight is 286 g/mol. The van der Waals surface area contributed by atoms with Gasteiger partial charge in [-0.25, -0.2) is 4.68 Å². The quantitative estimate of drug-likeness (QED) is 0.850. The van der Waals surface area contributed by atoms with Crippen molar-refractivity contribution in [3.63, 3.8) is 0 Å². The summed E-state index contributed by atoms with van der Waals surface area (Å²) in [5.41, 5.74) is 2.48. The number of hydrogen-bond acceptors (Lipinski definition) is 4. The topological polar surface area (TPSA) is 60.2 Å². The third kappa shape index (κ3) is 2.54. The van der Waals surface area contributed by atoms with Crippen LogP contribution in [-0.4, -0.2) is 52.1 Å². The van der Waals surface area contributed by atoms with Gasteiger partial charge < -0.3 is 9.64 Å². The van der Waals surface area contributed by atoms with E-state index >= 15 is 0 Å². The highest BCUT2D eigenvalue weighted by atomic mass is 16.5. The van der Waals surface area contributed by atoms with Crippen LogP contribution in [0.2, 0.25) is 0 Å². The molecule has 0 atom stereocenters. The fourth-order valence-electron chi connectivity index (χ4n) is 2.31. The molecule has 1 amide bonds. The van der Waals surface area contributed by atoms with Gasteiger partial charge in [0.1, 0.15) is 0 Å². The summed E-state index contributed by atoms with van der Waals surface area (Å²) in [5, 5.41) is 8.10. The van der Waals surface area contributed by atoms with E-state index in [1.807, 2.05) is 18.2 Å². The lowest BCUT2D eigenvalue weighted by Crippen LogP contribution is -2.49. The molecule has 0 N–H and O–H groups in total. The van der Waals surface area contributed by atoms with Crippen molar-refractivity contribution >= 4 is 5.91 Å². The molecule has 110 valence electrons. The van der Waals surface area contributed by atoms with E-state index < -0.39 is 0 Å². The molecule has 1 aliphatic heterocycles. The van der Waals surface area contributed by atoms with Crippen molar-refractivity contribution in [3.8, 4) is 5.69 Å². The fourth-order valence-corrected chi connectivity index (χ4v) is 2.31. The molecule has 6 nitrogen and oxygen atoms in total. The maximum absolute atomic E-state index is 12.3. The molecule has 1 aromatic carbocycles. The number of nitrogens with zero attached hydrogens (tertiary/aromatic N) is 4. The zero-order valence-corrected chi connectivity index (χ0v) is 12.2. The first-order valence-corrected chi connectivity index (χ1v) is 7.06. The van der Waals surface area contributed by atoms with Crippen LogP contribution in [0.5, 0.6) is 0 Å². The van der Waals surface area contributed by atoms with Crippen LogP contribution in [0.25, 0.3) is 5.69 Å². The second kappa shape index (κ2) is 5.65. The van der Waals surface area contributed by atoms with E-state index in [0.29, 0.717) is 18.9 Å². The minimum atomic E-state index is -0.122. The Hall–Kier alpha value is -2.21. The van der Waals surface area contributed by atoms with Crippen molar-refractivity contribution in [2.75, 3.05) is 20.3 Å². The van der Waals surface area contributed by atoms with Crippen LogP contribution < -0.4 is 0 Å². The number of rotatable bonds is 4. The number of benzene rings is 1. The van der Waals surface area contributed by atoms with Gasteiger partial charge in [-0.1, -0.05) is 30.3 Å². The second-order valence-corrected chi connectivity index (χ2v) is 5.14. The first kappa shape index (κ1) is 13.8. The van der Waals surface area contributed by atoms with Gasteiger partial charge in [0.25, 0.3) is 5.91 Å². The number of aromatic nitrogens is 3. The third-order valence-corrected chi connectivity index (χ3v) is 3.82. The maximum atomic E-state index is 12.3. The Balaban J connectivity index is 1.84. The molecule has 21 heavy (non-hydrogen) atoms. The zero-order valence-electron chi connectivity index (χ0n) is 12.2. The van der Waals surface area contributed by atoms with Crippen molar-refractivity contribution in [2.24, 2.45) is 0 Å². The third-order valence-electron chi connectivity index (χ3n) is 3.82. The summed E-state index contributed by atoms with van der Waals surface area (Å²) in [5.74, 6) is -0.122. The Kier molecular flexibility index (Phi) is 3.70. The maximum Gasteiger partial charge on any atom is 0.276 e. The van der Waals surface area contributed by atoms with Gasteiger partial charge in [-0.3, -0.25) is 4.79 Å². The van der Waals surface area contributed by atoms with E-state index in [9.17, 15) is 4.79 Å². The van der Waals surface area contributed by atoms with Crippen LogP contribution in [0.4, 0.5) is 0 Å². The van der Waals surface area contributed by atoms with Gasteiger partial charge in [-0.15, -0.1) is 5.10 Å². The van der Waals surface area contributed by atoms with E-state index in [2.05, 4.69) is 23.3 Å². The number of ether oxygens (including phenoxy) is 1. The molecule has 0 unspecified atom stereocenters. The van der Waals surface area contributed by atoms with Crippen molar-refractivity contribution in [1.29, 1.82) is 0 Å². The molecule has 0 spiro atoms. The lowest BCUT2D eigenvalue weighted by atomic mass is 10.1. The number of aryl methyl sites for hydroxylation is 1. The van der Waals surface area contributed by atoms with E-state index in [0.717, 1.165) is 12.1 Å². The number of hydrogen-bond donors (Lipinski definition) is 0. The molecule has 1 fully saturated rings. The smallest absolute Gasteiger partial charge is 0.276 e. The summed E-state index contributed by atoms with van der Waals surface area (Å²) in [6.07, 6.45) is 2.59. The highest BCUT2D eigenvalue weighted by Crippen LogP contribution is 2.16. The highest BCUT2D eigenvalue weighted by molar-refractivity contribution is 5.92. The van der Waals surface area contributed by atoms with Crippen molar-refractivity contribution in [1.82, 2.24) is 19.9 Å². The van der Waals surface area contributed by atoms with Gasteiger partial charge >= 0.3 is 0 Å². The van der Waals surface area contributed by atoms with Crippen LogP contribution in [0.15, 0.2) is 30.5 Å². The fraction of sp³-hybridized carbons (Fsp3) is 0.400. The lowest BCUT2D eigenvalue weighted by molar-refractivity contribution is -0.0469. The normalized spacial score (nSPS) is 14.8. The molecule has 1 saturated heterocycles. The molecule has 0 bridgehead atoms. The number of likely N-dealkylation sites (N-methyl/N-ethyl adjacent to an activating group) is 1. The van der Waals surface area contributed by atoms with Gasteiger partial charge in [0.05, 0.1) is 31.1 Å². The number of carbonyl (C=O) groups excluding carboxylic acids is 1. The molecule has 1 aromatic heterocycles. The van der Waals surface area contributed by atoms with Gasteiger partial charge in [0, 0.05) is 7.05 Å². The Bertz CT molecular complexity index is 649. The van der Waals surface area contributed by atoms with Gasteiger partial charge in [-0.05, 0) is 18.1 Å². The minimum absolute atomic E-state index is 0.122. The van der Waals surface area contributed by atoms with Crippen molar-refractivity contribution < 1.29 is 9.53 Å². The van der Waals surface area contributed by atoms with Crippen LogP contribution in [0.1, 0.15) is 23.0 Å². The summed E-state index contributed by atoms with van der Waals surface area (Å²) >= 11 is 0. The summed E-state index contributed by atoms with van der Waals surface area (Å²) in [6, 6.07) is 8.12. The van der Waals surface area contributed by atoms with E-state index in [-0.39, 0.29) is 11.9 Å². The van der Waals surface area contributed by atoms with Crippen LogP contribution >= 0.6 is 0 Å². The monoisotopic (exact) mass is 286 g/mol. The molecule has 0 aliphatic carbocycles. The summed E-state index contributed by atoms with van der Waals surface area (Å²) in [7, 11) is 1.77. The molecule has 2 aromatic rings. The van der Waals surface area contributed by atoms with Crippen LogP contribution in [0, 0.1) is 0 Å². The van der Waals surface area contributed by atoms with Crippen molar-refractivity contribution in [2.45, 2.75) is 19.4 Å². The standard InChI is InChI=1S/C15H18N4O2/c1-3-11-6-4-5-7-14(11)19-8-13(16-17-19)15(20)18(2)12-9-21-10-12/h4-8,12H,3,9-10H2,1-2H3. The molecule has 0 saturated carbocycles. The summed E-state index contributed by atoms with van der Waals surface area (Å²) in [6.45, 7) is 3.27. The summed E-state index contributed by atoms with van der Waals surface area (Å²) < 4.78 is 6.78. The Labute approximate surface area is 123 Å². The zero-order chi connectivity index (χ0) is 14.8. The molecule has 1 aliphatic rings. The van der Waals surface area contributed by atoms with Gasteiger partial charge in [-0.2, -0.15) is 0 Å². The summed E-state index contributed by atoms with van der Waals surface area (Å²) in [4.78, 5) is 14.0. The Morgan fingerprint density at radius 2 is 2.19 bits per heavy atom. The van der Waals surface area contributed by atoms with Gasteiger partial charge in [0.2, 0.25) is 0 Å². The van der Waals surface area contributed by atoms with Crippen LogP contribution in [-0.2, 0) is 11.2 Å². The highest BCUT2D eigenvalue weighted by Gasteiger charge is 2.28. The first-order valence-electron chi connectivity index (χ1n) is 7.06. The molecule has 6 heteroatoms. The van der Waals surface area contributed by atoms with E-state index in [1.54, 1.807) is 22.8 Å².